The van der Waals surface area contributed by atoms with Crippen LogP contribution in [0.25, 0.3) is 0 Å². The maximum atomic E-state index is 12.4. The molecule has 3 aliphatic carbocycles. The van der Waals surface area contributed by atoms with Gasteiger partial charge in [0.2, 0.25) is 5.91 Å². The number of nitrogens with two attached hydrogens (primary N) is 1. The Balaban J connectivity index is 1.30. The molecule has 0 saturated heterocycles. The number of benzene rings is 1. The minimum atomic E-state index is 0.299. The molecular formula is C18H24N2O. The van der Waals surface area contributed by atoms with E-state index in [2.05, 4.69) is 29.6 Å². The SMILES string of the molecule is NCCc1ccc(CNC(=O)C2C3C4CCC(C4)C23)cc1. The number of fused-ring (bicyclic) bond motifs is 5. The van der Waals surface area contributed by atoms with Crippen LogP contribution in [0, 0.1) is 29.6 Å². The lowest BCUT2D eigenvalue weighted by Crippen LogP contribution is -2.27. The molecule has 0 heterocycles. The van der Waals surface area contributed by atoms with E-state index >= 15 is 0 Å². The van der Waals surface area contributed by atoms with Gasteiger partial charge in [0.05, 0.1) is 0 Å². The van der Waals surface area contributed by atoms with Gasteiger partial charge in [-0.05, 0) is 67.0 Å². The average Bonchev–Trinajstić information content (AvgIpc) is 2.94. The van der Waals surface area contributed by atoms with Crippen LogP contribution in [0.5, 0.6) is 0 Å². The Morgan fingerprint density at radius 1 is 1.10 bits per heavy atom. The lowest BCUT2D eigenvalue weighted by atomic mass is 10.0. The van der Waals surface area contributed by atoms with E-state index < -0.39 is 0 Å². The molecule has 4 rings (SSSR count). The van der Waals surface area contributed by atoms with Crippen LogP contribution in [0.1, 0.15) is 30.4 Å². The minimum absolute atomic E-state index is 0.299. The summed E-state index contributed by atoms with van der Waals surface area (Å²) >= 11 is 0. The normalized spacial score (nSPS) is 35.6. The average molecular weight is 284 g/mol. The van der Waals surface area contributed by atoms with Gasteiger partial charge in [-0.3, -0.25) is 4.79 Å². The Morgan fingerprint density at radius 2 is 1.71 bits per heavy atom. The van der Waals surface area contributed by atoms with Gasteiger partial charge in [0, 0.05) is 12.5 Å². The van der Waals surface area contributed by atoms with Crippen molar-refractivity contribution in [3.8, 4) is 0 Å². The van der Waals surface area contributed by atoms with Crippen molar-refractivity contribution in [2.24, 2.45) is 35.3 Å². The lowest BCUT2D eigenvalue weighted by Gasteiger charge is -2.10. The minimum Gasteiger partial charge on any atom is -0.352 e. The predicted octanol–water partition coefficient (Wildman–Crippen LogP) is 2.10. The predicted molar refractivity (Wildman–Crippen MR) is 82.3 cm³/mol. The smallest absolute Gasteiger partial charge is 0.223 e. The number of hydrogen-bond acceptors (Lipinski definition) is 2. The van der Waals surface area contributed by atoms with E-state index in [0.29, 0.717) is 24.9 Å². The zero-order valence-corrected chi connectivity index (χ0v) is 12.4. The number of amides is 1. The molecule has 3 heteroatoms. The molecule has 3 aliphatic rings. The van der Waals surface area contributed by atoms with Gasteiger partial charge in [0.1, 0.15) is 0 Å². The fourth-order valence-electron chi connectivity index (χ4n) is 4.97. The van der Waals surface area contributed by atoms with Crippen molar-refractivity contribution < 1.29 is 4.79 Å². The Kier molecular flexibility index (Phi) is 3.26. The first-order valence-corrected chi connectivity index (χ1v) is 8.33. The van der Waals surface area contributed by atoms with Crippen LogP contribution in [0.2, 0.25) is 0 Å². The largest absolute Gasteiger partial charge is 0.352 e. The van der Waals surface area contributed by atoms with E-state index in [1.807, 2.05) is 0 Å². The van der Waals surface area contributed by atoms with Crippen molar-refractivity contribution in [1.29, 1.82) is 0 Å². The van der Waals surface area contributed by atoms with E-state index in [4.69, 9.17) is 5.73 Å². The molecule has 1 aromatic carbocycles. The summed E-state index contributed by atoms with van der Waals surface area (Å²) in [7, 11) is 0. The van der Waals surface area contributed by atoms with Gasteiger partial charge in [-0.15, -0.1) is 0 Å². The standard InChI is InChI=1S/C18H24N2O/c19-8-7-11-1-3-12(4-2-11)10-20-18(21)17-15-13-5-6-14(9-13)16(15)17/h1-4,13-17H,5-10,19H2,(H,20,21). The van der Waals surface area contributed by atoms with Crippen LogP contribution in [-0.4, -0.2) is 12.5 Å². The topological polar surface area (TPSA) is 55.1 Å². The molecule has 3 saturated carbocycles. The summed E-state index contributed by atoms with van der Waals surface area (Å²) in [4.78, 5) is 12.4. The summed E-state index contributed by atoms with van der Waals surface area (Å²) in [5.41, 5.74) is 8.00. The lowest BCUT2D eigenvalue weighted by molar-refractivity contribution is -0.123. The first kappa shape index (κ1) is 13.3. The molecule has 112 valence electrons. The first-order valence-electron chi connectivity index (χ1n) is 8.33. The molecule has 0 radical (unpaired) electrons. The van der Waals surface area contributed by atoms with E-state index in [0.717, 1.165) is 30.1 Å². The fraction of sp³-hybridized carbons (Fsp3) is 0.611. The molecule has 1 aromatic rings. The highest BCUT2D eigenvalue weighted by Gasteiger charge is 2.67. The molecule has 1 amide bonds. The summed E-state index contributed by atoms with van der Waals surface area (Å²) in [5.74, 6) is 3.84. The summed E-state index contributed by atoms with van der Waals surface area (Å²) in [5, 5.41) is 3.15. The van der Waals surface area contributed by atoms with Gasteiger partial charge in [0.25, 0.3) is 0 Å². The molecule has 4 unspecified atom stereocenters. The van der Waals surface area contributed by atoms with Gasteiger partial charge in [-0.1, -0.05) is 24.3 Å². The molecular weight excluding hydrogens is 260 g/mol. The highest BCUT2D eigenvalue weighted by molar-refractivity contribution is 5.82. The summed E-state index contributed by atoms with van der Waals surface area (Å²) < 4.78 is 0. The van der Waals surface area contributed by atoms with Gasteiger partial charge in [0.15, 0.2) is 0 Å². The Morgan fingerprint density at radius 3 is 2.33 bits per heavy atom. The molecule has 2 bridgehead atoms. The first-order chi connectivity index (χ1) is 10.3. The van der Waals surface area contributed by atoms with Crippen molar-refractivity contribution >= 4 is 5.91 Å². The maximum absolute atomic E-state index is 12.4. The molecule has 3 nitrogen and oxygen atoms in total. The highest BCUT2D eigenvalue weighted by atomic mass is 16.2. The highest BCUT2D eigenvalue weighted by Crippen LogP contribution is 2.69. The van der Waals surface area contributed by atoms with Crippen LogP contribution in [0.4, 0.5) is 0 Å². The van der Waals surface area contributed by atoms with E-state index in [1.165, 1.54) is 30.4 Å². The quantitative estimate of drug-likeness (QED) is 0.870. The third kappa shape index (κ3) is 2.28. The molecule has 3 N–H and O–H groups in total. The summed E-state index contributed by atoms with van der Waals surface area (Å²) in [6.07, 6.45) is 5.07. The number of hydrogen-bond donors (Lipinski definition) is 2. The van der Waals surface area contributed by atoms with Gasteiger partial charge >= 0.3 is 0 Å². The van der Waals surface area contributed by atoms with Gasteiger partial charge < -0.3 is 11.1 Å². The second-order valence-electron chi connectivity index (χ2n) is 7.09. The van der Waals surface area contributed by atoms with Crippen molar-refractivity contribution in [2.75, 3.05) is 6.54 Å². The number of carbonyl (C=O) groups excluding carboxylic acids is 1. The van der Waals surface area contributed by atoms with Crippen LogP contribution < -0.4 is 11.1 Å². The molecule has 4 atom stereocenters. The van der Waals surface area contributed by atoms with Crippen molar-refractivity contribution in [2.45, 2.75) is 32.2 Å². The zero-order chi connectivity index (χ0) is 14.4. The van der Waals surface area contributed by atoms with Crippen LogP contribution >= 0.6 is 0 Å². The Labute approximate surface area is 126 Å². The molecule has 21 heavy (non-hydrogen) atoms. The second kappa shape index (κ2) is 5.13. The Hall–Kier alpha value is -1.35. The fourth-order valence-corrected chi connectivity index (χ4v) is 4.97. The Bertz CT molecular complexity index is 523. The van der Waals surface area contributed by atoms with Crippen LogP contribution in [0.15, 0.2) is 24.3 Å². The van der Waals surface area contributed by atoms with Crippen LogP contribution in [-0.2, 0) is 17.8 Å². The number of carbonyl (C=O) groups is 1. The third-order valence-electron chi connectivity index (χ3n) is 5.96. The van der Waals surface area contributed by atoms with Crippen molar-refractivity contribution in [1.82, 2.24) is 5.32 Å². The second-order valence-corrected chi connectivity index (χ2v) is 7.09. The molecule has 3 fully saturated rings. The molecule has 0 spiro atoms. The van der Waals surface area contributed by atoms with Crippen molar-refractivity contribution in [3.05, 3.63) is 35.4 Å². The zero-order valence-electron chi connectivity index (χ0n) is 12.4. The van der Waals surface area contributed by atoms with E-state index in [1.54, 1.807) is 0 Å². The summed E-state index contributed by atoms with van der Waals surface area (Å²) in [6, 6.07) is 8.42. The summed E-state index contributed by atoms with van der Waals surface area (Å²) in [6.45, 7) is 1.34. The van der Waals surface area contributed by atoms with Gasteiger partial charge in [-0.25, -0.2) is 0 Å². The third-order valence-corrected chi connectivity index (χ3v) is 5.96. The maximum Gasteiger partial charge on any atom is 0.223 e. The molecule has 0 aromatic heterocycles. The van der Waals surface area contributed by atoms with Crippen molar-refractivity contribution in [3.63, 3.8) is 0 Å². The number of nitrogens with one attached hydrogen (secondary N) is 1. The monoisotopic (exact) mass is 284 g/mol. The van der Waals surface area contributed by atoms with Gasteiger partial charge in [-0.2, -0.15) is 0 Å². The number of rotatable bonds is 5. The van der Waals surface area contributed by atoms with E-state index in [9.17, 15) is 4.79 Å². The van der Waals surface area contributed by atoms with Crippen LogP contribution in [0.3, 0.4) is 0 Å². The molecule has 0 aliphatic heterocycles. The van der Waals surface area contributed by atoms with E-state index in [-0.39, 0.29) is 0 Å².